The third kappa shape index (κ3) is 6.05. The van der Waals surface area contributed by atoms with E-state index in [1.165, 1.54) is 0 Å². The van der Waals surface area contributed by atoms with Gasteiger partial charge in [-0.2, -0.15) is 0 Å². The molecule has 1 heterocycles. The molecular weight excluding hydrogens is 437 g/mol. The van der Waals surface area contributed by atoms with Crippen LogP contribution in [-0.4, -0.2) is 49.5 Å². The summed E-state index contributed by atoms with van der Waals surface area (Å²) in [5, 5.41) is 4.00. The van der Waals surface area contributed by atoms with E-state index in [1.54, 1.807) is 24.3 Å². The molecule has 2 amide bonds. The first-order valence-corrected chi connectivity index (χ1v) is 11.0. The summed E-state index contributed by atoms with van der Waals surface area (Å²) in [6.45, 7) is 8.38. The van der Waals surface area contributed by atoms with Crippen LogP contribution in [0, 0.1) is 12.8 Å². The van der Waals surface area contributed by atoms with Crippen LogP contribution in [0.4, 0.5) is 11.4 Å². The molecular formula is C23H27Cl2N3O3. The third-order valence-corrected chi connectivity index (χ3v) is 5.88. The number of anilines is 2. The molecule has 31 heavy (non-hydrogen) atoms. The van der Waals surface area contributed by atoms with Crippen molar-refractivity contribution in [3.8, 4) is 5.75 Å². The van der Waals surface area contributed by atoms with Crippen molar-refractivity contribution in [2.45, 2.75) is 20.8 Å². The van der Waals surface area contributed by atoms with Gasteiger partial charge in [0.15, 0.2) is 6.61 Å². The number of ether oxygens (including phenoxy) is 1. The molecule has 166 valence electrons. The SMILES string of the molecule is Cc1cc(OCC(=O)Nc2ccc(N3CCN(C(=O)C(C)C)CC3)c(Cl)c2)ccc1Cl. The minimum absolute atomic E-state index is 0.00530. The average molecular weight is 464 g/mol. The van der Waals surface area contributed by atoms with Crippen LogP contribution in [0.1, 0.15) is 19.4 Å². The van der Waals surface area contributed by atoms with Gasteiger partial charge in [-0.15, -0.1) is 0 Å². The van der Waals surface area contributed by atoms with Crippen molar-refractivity contribution < 1.29 is 14.3 Å². The quantitative estimate of drug-likeness (QED) is 0.678. The Bertz CT molecular complexity index is 957. The number of piperazine rings is 1. The lowest BCUT2D eigenvalue weighted by atomic mass is 10.1. The predicted molar refractivity (Wildman–Crippen MR) is 125 cm³/mol. The minimum Gasteiger partial charge on any atom is -0.484 e. The fourth-order valence-electron chi connectivity index (χ4n) is 3.43. The molecule has 0 atom stereocenters. The number of benzene rings is 2. The highest BCUT2D eigenvalue weighted by Gasteiger charge is 2.24. The lowest BCUT2D eigenvalue weighted by Gasteiger charge is -2.37. The number of nitrogens with one attached hydrogen (secondary N) is 1. The molecule has 0 aliphatic carbocycles. The highest BCUT2D eigenvalue weighted by molar-refractivity contribution is 6.33. The largest absolute Gasteiger partial charge is 0.484 e. The second-order valence-corrected chi connectivity index (χ2v) is 8.70. The molecule has 1 N–H and O–H groups in total. The van der Waals surface area contributed by atoms with Gasteiger partial charge < -0.3 is 19.9 Å². The number of carbonyl (C=O) groups excluding carboxylic acids is 2. The summed E-state index contributed by atoms with van der Waals surface area (Å²) in [6, 6.07) is 10.7. The number of hydrogen-bond acceptors (Lipinski definition) is 4. The maximum Gasteiger partial charge on any atom is 0.262 e. The first-order chi connectivity index (χ1) is 14.7. The van der Waals surface area contributed by atoms with Gasteiger partial charge in [-0.1, -0.05) is 37.0 Å². The van der Waals surface area contributed by atoms with Crippen LogP contribution in [0.5, 0.6) is 5.75 Å². The number of halogens is 2. The van der Waals surface area contributed by atoms with Crippen molar-refractivity contribution in [2.24, 2.45) is 5.92 Å². The third-order valence-electron chi connectivity index (χ3n) is 5.16. The van der Waals surface area contributed by atoms with E-state index < -0.39 is 0 Å². The molecule has 1 aliphatic heterocycles. The fraction of sp³-hybridized carbons (Fsp3) is 0.391. The number of nitrogens with zero attached hydrogens (tertiary/aromatic N) is 2. The van der Waals surface area contributed by atoms with Crippen molar-refractivity contribution in [1.29, 1.82) is 0 Å². The Morgan fingerprint density at radius 3 is 2.35 bits per heavy atom. The van der Waals surface area contributed by atoms with Gasteiger partial charge in [-0.25, -0.2) is 0 Å². The molecule has 0 spiro atoms. The number of rotatable bonds is 6. The standard InChI is InChI=1S/C23H27Cl2N3O3/c1-15(2)23(30)28-10-8-27(9-11-28)21-7-4-17(13-20(21)25)26-22(29)14-31-18-5-6-19(24)16(3)12-18/h4-7,12-13,15H,8-11,14H2,1-3H3,(H,26,29). The minimum atomic E-state index is -0.280. The molecule has 8 heteroatoms. The highest BCUT2D eigenvalue weighted by atomic mass is 35.5. The van der Waals surface area contributed by atoms with E-state index in [0.717, 1.165) is 24.3 Å². The first-order valence-electron chi connectivity index (χ1n) is 10.3. The second-order valence-electron chi connectivity index (χ2n) is 7.88. The van der Waals surface area contributed by atoms with Crippen molar-refractivity contribution in [3.63, 3.8) is 0 Å². The summed E-state index contributed by atoms with van der Waals surface area (Å²) >= 11 is 12.5. The lowest BCUT2D eigenvalue weighted by molar-refractivity contribution is -0.134. The van der Waals surface area contributed by atoms with Crippen molar-refractivity contribution in [3.05, 3.63) is 52.0 Å². The van der Waals surface area contributed by atoms with E-state index >= 15 is 0 Å². The van der Waals surface area contributed by atoms with E-state index in [2.05, 4.69) is 10.2 Å². The van der Waals surface area contributed by atoms with Gasteiger partial charge in [-0.3, -0.25) is 9.59 Å². The van der Waals surface area contributed by atoms with Gasteiger partial charge in [0.2, 0.25) is 5.91 Å². The lowest BCUT2D eigenvalue weighted by Crippen LogP contribution is -2.50. The molecule has 0 bridgehead atoms. The summed E-state index contributed by atoms with van der Waals surface area (Å²) in [6.07, 6.45) is 0. The van der Waals surface area contributed by atoms with E-state index in [1.807, 2.05) is 37.8 Å². The number of carbonyl (C=O) groups is 2. The summed E-state index contributed by atoms with van der Waals surface area (Å²) in [7, 11) is 0. The van der Waals surface area contributed by atoms with Gasteiger partial charge >= 0.3 is 0 Å². The van der Waals surface area contributed by atoms with E-state index in [4.69, 9.17) is 27.9 Å². The normalized spacial score (nSPS) is 14.0. The first kappa shape index (κ1) is 23.2. The summed E-state index contributed by atoms with van der Waals surface area (Å²) in [4.78, 5) is 28.4. The fourth-order valence-corrected chi connectivity index (χ4v) is 3.84. The summed E-state index contributed by atoms with van der Waals surface area (Å²) in [5.41, 5.74) is 2.38. The smallest absolute Gasteiger partial charge is 0.262 e. The second kappa shape index (κ2) is 10.2. The number of amides is 2. The molecule has 0 unspecified atom stereocenters. The summed E-state index contributed by atoms with van der Waals surface area (Å²) < 4.78 is 5.53. The molecule has 2 aromatic carbocycles. The Morgan fingerprint density at radius 2 is 1.74 bits per heavy atom. The Morgan fingerprint density at radius 1 is 1.03 bits per heavy atom. The Kier molecular flexibility index (Phi) is 7.68. The van der Waals surface area contributed by atoms with Crippen LogP contribution in [-0.2, 0) is 9.59 Å². The molecule has 0 radical (unpaired) electrons. The van der Waals surface area contributed by atoms with Crippen molar-refractivity contribution >= 4 is 46.4 Å². The van der Waals surface area contributed by atoms with Crippen LogP contribution in [0.3, 0.4) is 0 Å². The van der Waals surface area contributed by atoms with Gasteiger partial charge in [0.1, 0.15) is 5.75 Å². The molecule has 1 fully saturated rings. The van der Waals surface area contributed by atoms with Crippen molar-refractivity contribution in [2.75, 3.05) is 43.0 Å². The topological polar surface area (TPSA) is 61.9 Å². The van der Waals surface area contributed by atoms with E-state index in [9.17, 15) is 9.59 Å². The maximum absolute atomic E-state index is 12.2. The molecule has 6 nitrogen and oxygen atoms in total. The average Bonchev–Trinajstić information content (AvgIpc) is 2.74. The monoisotopic (exact) mass is 463 g/mol. The van der Waals surface area contributed by atoms with Gasteiger partial charge in [0, 0.05) is 42.8 Å². The van der Waals surface area contributed by atoms with E-state index in [-0.39, 0.29) is 24.3 Å². The van der Waals surface area contributed by atoms with Crippen LogP contribution in [0.25, 0.3) is 0 Å². The van der Waals surface area contributed by atoms with Gasteiger partial charge in [0.25, 0.3) is 5.91 Å². The molecule has 0 saturated carbocycles. The van der Waals surface area contributed by atoms with Crippen LogP contribution in [0.2, 0.25) is 10.0 Å². The molecule has 0 aromatic heterocycles. The predicted octanol–water partition coefficient (Wildman–Crippen LogP) is 4.62. The molecule has 1 saturated heterocycles. The Hall–Kier alpha value is -2.44. The highest BCUT2D eigenvalue weighted by Crippen LogP contribution is 2.30. The molecule has 2 aromatic rings. The van der Waals surface area contributed by atoms with Crippen LogP contribution >= 0.6 is 23.2 Å². The van der Waals surface area contributed by atoms with Gasteiger partial charge in [-0.05, 0) is 48.9 Å². The van der Waals surface area contributed by atoms with Crippen LogP contribution in [0.15, 0.2) is 36.4 Å². The number of aryl methyl sites for hydroxylation is 1. The molecule has 3 rings (SSSR count). The zero-order valence-corrected chi connectivity index (χ0v) is 19.5. The zero-order chi connectivity index (χ0) is 22.5. The Balaban J connectivity index is 1.54. The van der Waals surface area contributed by atoms with Crippen LogP contribution < -0.4 is 15.0 Å². The maximum atomic E-state index is 12.2. The zero-order valence-electron chi connectivity index (χ0n) is 18.0. The number of hydrogen-bond donors (Lipinski definition) is 1. The van der Waals surface area contributed by atoms with Gasteiger partial charge in [0.05, 0.1) is 10.7 Å². The van der Waals surface area contributed by atoms with E-state index in [0.29, 0.717) is 34.6 Å². The summed E-state index contributed by atoms with van der Waals surface area (Å²) in [5.74, 6) is 0.489. The molecule has 1 aliphatic rings. The Labute approximate surface area is 193 Å². The van der Waals surface area contributed by atoms with Crippen molar-refractivity contribution in [1.82, 2.24) is 4.90 Å².